The molecule has 1 unspecified atom stereocenters. The van der Waals surface area contributed by atoms with Crippen LogP contribution in [0, 0.1) is 6.92 Å². The number of sulfonamides is 1. The fourth-order valence-corrected chi connectivity index (χ4v) is 6.11. The van der Waals surface area contributed by atoms with Crippen molar-refractivity contribution in [3.8, 4) is 0 Å². The van der Waals surface area contributed by atoms with Gasteiger partial charge in [0.25, 0.3) is 5.91 Å². The van der Waals surface area contributed by atoms with Gasteiger partial charge < -0.3 is 14.7 Å². The molecule has 0 spiro atoms. The van der Waals surface area contributed by atoms with Crippen molar-refractivity contribution < 1.29 is 17.6 Å². The number of para-hydroxylation sites is 1. The number of hydrogen-bond donors (Lipinski definition) is 2. The zero-order chi connectivity index (χ0) is 20.6. The largest absolute Gasteiger partial charge is 0.459 e. The van der Waals surface area contributed by atoms with Crippen molar-refractivity contribution in [1.29, 1.82) is 0 Å². The number of rotatable bonds is 5. The van der Waals surface area contributed by atoms with Gasteiger partial charge in [-0.15, -0.1) is 0 Å². The molecular weight excluding hydrogens is 410 g/mol. The molecule has 0 radical (unpaired) electrons. The fraction of sp³-hybridized carbons (Fsp3) is 0.350. The molecule has 1 atom stereocenters. The number of nitrogens with one attached hydrogen (secondary N) is 2. The maximum atomic E-state index is 12.8. The molecule has 3 aromatic rings. The molecule has 1 aromatic carbocycles. The first-order valence-electron chi connectivity index (χ1n) is 9.43. The van der Waals surface area contributed by atoms with Gasteiger partial charge in [-0.25, -0.2) is 8.42 Å². The number of carbonyl (C=O) groups excluding carboxylic acids is 1. The van der Waals surface area contributed by atoms with E-state index in [9.17, 15) is 13.2 Å². The standard InChI is InChI=1S/C20H23N3O4S2/c1-13-16-5-3-4-6-18(16)27-19(13)14(2)22-20(24)17-11-15(12-21-17)29(25,26)23-7-9-28-10-8-23/h3-6,11-12,14,21H,7-10H2,1-2H3,(H,22,24). The maximum Gasteiger partial charge on any atom is 0.268 e. The number of nitrogens with zero attached hydrogens (tertiary/aromatic N) is 1. The van der Waals surface area contributed by atoms with Gasteiger partial charge in [0, 0.05) is 41.7 Å². The number of aromatic amines is 1. The number of aromatic nitrogens is 1. The lowest BCUT2D eigenvalue weighted by molar-refractivity contribution is 0.0931. The first kappa shape index (κ1) is 20.1. The van der Waals surface area contributed by atoms with Crippen molar-refractivity contribution in [3.05, 3.63) is 53.5 Å². The lowest BCUT2D eigenvalue weighted by Crippen LogP contribution is -2.37. The quantitative estimate of drug-likeness (QED) is 0.644. The van der Waals surface area contributed by atoms with Crippen LogP contribution in [-0.2, 0) is 10.0 Å². The summed E-state index contributed by atoms with van der Waals surface area (Å²) < 4.78 is 32.9. The van der Waals surface area contributed by atoms with E-state index in [2.05, 4.69) is 10.3 Å². The van der Waals surface area contributed by atoms with Crippen molar-refractivity contribution >= 4 is 38.7 Å². The molecule has 0 saturated carbocycles. The van der Waals surface area contributed by atoms with Gasteiger partial charge >= 0.3 is 0 Å². The number of carbonyl (C=O) groups is 1. The third-order valence-electron chi connectivity index (χ3n) is 5.13. The number of thioether (sulfide) groups is 1. The van der Waals surface area contributed by atoms with E-state index < -0.39 is 10.0 Å². The Kier molecular flexibility index (Phi) is 5.46. The van der Waals surface area contributed by atoms with Crippen LogP contribution in [-0.4, -0.2) is 48.2 Å². The topological polar surface area (TPSA) is 95.4 Å². The molecule has 4 rings (SSSR count). The Morgan fingerprint density at radius 1 is 1.28 bits per heavy atom. The zero-order valence-corrected chi connectivity index (χ0v) is 17.9. The summed E-state index contributed by atoms with van der Waals surface area (Å²) in [6, 6.07) is 8.75. The molecule has 0 bridgehead atoms. The molecule has 1 aliphatic heterocycles. The molecule has 0 aliphatic carbocycles. The molecule has 7 nitrogen and oxygen atoms in total. The first-order valence-corrected chi connectivity index (χ1v) is 12.0. The average Bonchev–Trinajstić information content (AvgIpc) is 3.35. The minimum atomic E-state index is -3.59. The van der Waals surface area contributed by atoms with Crippen LogP contribution in [0.25, 0.3) is 11.0 Å². The summed E-state index contributed by atoms with van der Waals surface area (Å²) in [4.78, 5) is 15.6. The fourth-order valence-electron chi connectivity index (χ4n) is 3.54. The van der Waals surface area contributed by atoms with Crippen molar-refractivity contribution in [1.82, 2.24) is 14.6 Å². The summed E-state index contributed by atoms with van der Waals surface area (Å²) in [6.45, 7) is 4.78. The molecule has 1 aliphatic rings. The highest BCUT2D eigenvalue weighted by atomic mass is 32.2. The van der Waals surface area contributed by atoms with Gasteiger partial charge in [-0.3, -0.25) is 4.79 Å². The van der Waals surface area contributed by atoms with Gasteiger partial charge in [-0.05, 0) is 26.0 Å². The molecule has 29 heavy (non-hydrogen) atoms. The number of aryl methyl sites for hydroxylation is 1. The third kappa shape index (κ3) is 3.82. The minimum absolute atomic E-state index is 0.113. The van der Waals surface area contributed by atoms with Gasteiger partial charge in [0.15, 0.2) is 0 Å². The van der Waals surface area contributed by atoms with E-state index in [1.807, 2.05) is 38.1 Å². The van der Waals surface area contributed by atoms with Crippen LogP contribution < -0.4 is 5.32 Å². The maximum absolute atomic E-state index is 12.8. The average molecular weight is 434 g/mol. The molecule has 3 heterocycles. The second-order valence-electron chi connectivity index (χ2n) is 7.05. The predicted octanol–water partition coefficient (Wildman–Crippen LogP) is 3.30. The first-order chi connectivity index (χ1) is 13.9. The summed E-state index contributed by atoms with van der Waals surface area (Å²) >= 11 is 1.74. The zero-order valence-electron chi connectivity index (χ0n) is 16.3. The van der Waals surface area contributed by atoms with E-state index >= 15 is 0 Å². The van der Waals surface area contributed by atoms with Crippen molar-refractivity contribution in [2.75, 3.05) is 24.6 Å². The lowest BCUT2D eigenvalue weighted by Gasteiger charge is -2.24. The van der Waals surface area contributed by atoms with Gasteiger partial charge in [0.2, 0.25) is 10.0 Å². The Bertz CT molecular complexity index is 1140. The van der Waals surface area contributed by atoms with Crippen LogP contribution in [0.2, 0.25) is 0 Å². The van der Waals surface area contributed by atoms with E-state index in [1.165, 1.54) is 16.6 Å². The summed E-state index contributed by atoms with van der Waals surface area (Å²) in [5.41, 5.74) is 1.95. The highest BCUT2D eigenvalue weighted by Crippen LogP contribution is 2.29. The van der Waals surface area contributed by atoms with E-state index in [0.29, 0.717) is 18.8 Å². The van der Waals surface area contributed by atoms with Gasteiger partial charge in [0.1, 0.15) is 21.9 Å². The lowest BCUT2D eigenvalue weighted by atomic mass is 10.1. The molecule has 2 aromatic heterocycles. The van der Waals surface area contributed by atoms with E-state index in [1.54, 1.807) is 11.8 Å². The second-order valence-corrected chi connectivity index (χ2v) is 10.2. The van der Waals surface area contributed by atoms with Crippen molar-refractivity contribution in [3.63, 3.8) is 0 Å². The van der Waals surface area contributed by atoms with Crippen molar-refractivity contribution in [2.24, 2.45) is 0 Å². The Morgan fingerprint density at radius 3 is 2.72 bits per heavy atom. The minimum Gasteiger partial charge on any atom is -0.459 e. The highest BCUT2D eigenvalue weighted by Gasteiger charge is 2.28. The molecular formula is C20H23N3O4S2. The summed E-state index contributed by atoms with van der Waals surface area (Å²) in [5.74, 6) is 1.87. The summed E-state index contributed by atoms with van der Waals surface area (Å²) in [7, 11) is -3.59. The van der Waals surface area contributed by atoms with Crippen molar-refractivity contribution in [2.45, 2.75) is 24.8 Å². The molecule has 1 saturated heterocycles. The van der Waals surface area contributed by atoms with Gasteiger partial charge in [-0.2, -0.15) is 16.1 Å². The normalized spacial score (nSPS) is 16.8. The van der Waals surface area contributed by atoms with Crippen LogP contribution in [0.1, 0.15) is 34.8 Å². The predicted molar refractivity (Wildman–Crippen MR) is 114 cm³/mol. The van der Waals surface area contributed by atoms with Crippen LogP contribution >= 0.6 is 11.8 Å². The van der Waals surface area contributed by atoms with Crippen LogP contribution in [0.15, 0.2) is 45.8 Å². The Hall–Kier alpha value is -2.23. The number of hydrogen-bond acceptors (Lipinski definition) is 5. The number of H-pyrrole nitrogens is 1. The smallest absolute Gasteiger partial charge is 0.268 e. The molecule has 1 amide bonds. The molecule has 1 fully saturated rings. The number of benzene rings is 1. The van der Waals surface area contributed by atoms with Crippen LogP contribution in [0.4, 0.5) is 0 Å². The van der Waals surface area contributed by atoms with Gasteiger partial charge in [0.05, 0.1) is 6.04 Å². The van der Waals surface area contributed by atoms with Crippen LogP contribution in [0.3, 0.4) is 0 Å². The number of fused-ring (bicyclic) bond motifs is 1. The monoisotopic (exact) mass is 433 g/mol. The highest BCUT2D eigenvalue weighted by molar-refractivity contribution is 7.99. The SMILES string of the molecule is Cc1c(C(C)NC(=O)c2cc(S(=O)(=O)N3CCSCC3)c[nH]2)oc2ccccc12. The van der Waals surface area contributed by atoms with E-state index in [-0.39, 0.29) is 22.5 Å². The molecule has 2 N–H and O–H groups in total. The molecule has 154 valence electrons. The molecule has 9 heteroatoms. The second kappa shape index (κ2) is 7.89. The summed E-state index contributed by atoms with van der Waals surface area (Å²) in [6.07, 6.45) is 1.38. The Balaban J connectivity index is 1.51. The van der Waals surface area contributed by atoms with Gasteiger partial charge in [-0.1, -0.05) is 18.2 Å². The Morgan fingerprint density at radius 2 is 2.00 bits per heavy atom. The van der Waals surface area contributed by atoms with E-state index in [0.717, 1.165) is 28.0 Å². The summed E-state index contributed by atoms with van der Waals surface area (Å²) in [5, 5.41) is 3.89. The third-order valence-corrected chi connectivity index (χ3v) is 7.95. The Labute approximate surface area is 173 Å². The van der Waals surface area contributed by atoms with Crippen LogP contribution in [0.5, 0.6) is 0 Å². The number of amides is 1. The van der Waals surface area contributed by atoms with E-state index in [4.69, 9.17) is 4.42 Å². The number of furan rings is 1.